The first-order chi connectivity index (χ1) is 7.12. The largest absolute Gasteiger partial charge is 0.441 e. The van der Waals surface area contributed by atoms with Crippen LogP contribution in [0.3, 0.4) is 0 Å². The number of thioether (sulfide) groups is 1. The fourth-order valence-electron chi connectivity index (χ4n) is 1.23. The molecule has 0 saturated heterocycles. The van der Waals surface area contributed by atoms with Gasteiger partial charge in [-0.3, -0.25) is 0 Å². The van der Waals surface area contributed by atoms with E-state index in [4.69, 9.17) is 0 Å². The molecule has 0 aliphatic rings. The molecule has 0 unspecified atom stereocenters. The third kappa shape index (κ3) is 10.6. The SMILES string of the molecule is CC(C)CNCC(C)(C)CCSC(F)(F)F. The second kappa shape index (κ2) is 6.74. The Morgan fingerprint density at radius 3 is 2.19 bits per heavy atom. The summed E-state index contributed by atoms with van der Waals surface area (Å²) in [6, 6.07) is 0. The van der Waals surface area contributed by atoms with E-state index in [1.54, 1.807) is 0 Å². The average Bonchev–Trinajstić information content (AvgIpc) is 1.99. The van der Waals surface area contributed by atoms with Gasteiger partial charge < -0.3 is 5.32 Å². The van der Waals surface area contributed by atoms with Crippen LogP contribution in [0, 0.1) is 11.3 Å². The molecule has 0 rings (SSSR count). The van der Waals surface area contributed by atoms with E-state index in [0.717, 1.165) is 13.1 Å². The maximum Gasteiger partial charge on any atom is 0.441 e. The molecule has 0 fully saturated rings. The molecule has 0 aliphatic heterocycles. The first-order valence-corrected chi connectivity index (χ1v) is 6.52. The Morgan fingerprint density at radius 2 is 1.75 bits per heavy atom. The van der Waals surface area contributed by atoms with E-state index >= 15 is 0 Å². The minimum atomic E-state index is -4.10. The first kappa shape index (κ1) is 16.1. The standard InChI is InChI=1S/C11H22F3NS/c1-9(2)7-15-8-10(3,4)5-6-16-11(12,13)14/h9,15H,5-8H2,1-4H3. The van der Waals surface area contributed by atoms with Gasteiger partial charge in [0.05, 0.1) is 0 Å². The Kier molecular flexibility index (Phi) is 6.79. The highest BCUT2D eigenvalue weighted by atomic mass is 32.2. The number of hydrogen-bond donors (Lipinski definition) is 1. The molecular weight excluding hydrogens is 235 g/mol. The van der Waals surface area contributed by atoms with Crippen molar-refractivity contribution in [2.75, 3.05) is 18.8 Å². The van der Waals surface area contributed by atoms with Crippen LogP contribution in [0.25, 0.3) is 0 Å². The van der Waals surface area contributed by atoms with E-state index in [1.807, 2.05) is 13.8 Å². The second-order valence-corrected chi connectivity index (χ2v) is 6.39. The van der Waals surface area contributed by atoms with Crippen LogP contribution in [0.2, 0.25) is 0 Å². The lowest BCUT2D eigenvalue weighted by molar-refractivity contribution is -0.0328. The van der Waals surface area contributed by atoms with Crippen LogP contribution in [-0.4, -0.2) is 24.4 Å². The van der Waals surface area contributed by atoms with Gasteiger partial charge in [-0.05, 0) is 24.3 Å². The van der Waals surface area contributed by atoms with Gasteiger partial charge in [0, 0.05) is 12.3 Å². The Labute approximate surface area is 101 Å². The van der Waals surface area contributed by atoms with Crippen LogP contribution >= 0.6 is 11.8 Å². The monoisotopic (exact) mass is 257 g/mol. The van der Waals surface area contributed by atoms with Gasteiger partial charge in [0.2, 0.25) is 0 Å². The molecule has 0 saturated carbocycles. The molecule has 16 heavy (non-hydrogen) atoms. The fourth-order valence-corrected chi connectivity index (χ4v) is 2.12. The number of alkyl halides is 3. The Hall–Kier alpha value is 0.100. The molecule has 0 aromatic carbocycles. The smallest absolute Gasteiger partial charge is 0.316 e. The molecule has 0 spiro atoms. The normalized spacial score (nSPS) is 13.5. The van der Waals surface area contributed by atoms with Crippen molar-refractivity contribution in [3.8, 4) is 0 Å². The molecule has 0 amide bonds. The molecule has 0 aromatic rings. The van der Waals surface area contributed by atoms with E-state index in [-0.39, 0.29) is 22.9 Å². The topological polar surface area (TPSA) is 12.0 Å². The summed E-state index contributed by atoms with van der Waals surface area (Å²) in [5, 5.41) is 3.28. The molecule has 1 N–H and O–H groups in total. The molecule has 0 aliphatic carbocycles. The summed E-state index contributed by atoms with van der Waals surface area (Å²) in [4.78, 5) is 0. The van der Waals surface area contributed by atoms with Crippen molar-refractivity contribution in [2.24, 2.45) is 11.3 Å². The molecule has 5 heteroatoms. The first-order valence-electron chi connectivity index (χ1n) is 5.54. The molecule has 98 valence electrons. The summed E-state index contributed by atoms with van der Waals surface area (Å²) < 4.78 is 35.8. The Morgan fingerprint density at radius 1 is 1.19 bits per heavy atom. The predicted molar refractivity (Wildman–Crippen MR) is 64.6 cm³/mol. The van der Waals surface area contributed by atoms with E-state index in [1.165, 1.54) is 0 Å². The molecular formula is C11H22F3NS. The highest BCUT2D eigenvalue weighted by molar-refractivity contribution is 8.00. The zero-order valence-electron chi connectivity index (χ0n) is 10.4. The Balaban J connectivity index is 3.70. The van der Waals surface area contributed by atoms with Crippen molar-refractivity contribution in [2.45, 2.75) is 39.6 Å². The van der Waals surface area contributed by atoms with Gasteiger partial charge in [0.1, 0.15) is 0 Å². The van der Waals surface area contributed by atoms with Crippen molar-refractivity contribution >= 4 is 11.8 Å². The van der Waals surface area contributed by atoms with E-state index in [0.29, 0.717) is 12.3 Å². The van der Waals surface area contributed by atoms with Crippen molar-refractivity contribution in [1.82, 2.24) is 5.32 Å². The summed E-state index contributed by atoms with van der Waals surface area (Å²) >= 11 is 0.0724. The van der Waals surface area contributed by atoms with Crippen molar-refractivity contribution in [3.05, 3.63) is 0 Å². The van der Waals surface area contributed by atoms with E-state index < -0.39 is 5.51 Å². The molecule has 1 nitrogen and oxygen atoms in total. The van der Waals surface area contributed by atoms with Crippen LogP contribution < -0.4 is 5.32 Å². The molecule has 0 bridgehead atoms. The molecule has 0 radical (unpaired) electrons. The number of nitrogens with one attached hydrogen (secondary N) is 1. The second-order valence-electron chi connectivity index (χ2n) is 5.23. The summed E-state index contributed by atoms with van der Waals surface area (Å²) in [7, 11) is 0. The molecule has 0 aromatic heterocycles. The fraction of sp³-hybridized carbons (Fsp3) is 1.00. The lowest BCUT2D eigenvalue weighted by atomic mass is 9.90. The van der Waals surface area contributed by atoms with Gasteiger partial charge in [0.15, 0.2) is 0 Å². The van der Waals surface area contributed by atoms with Crippen LogP contribution in [0.4, 0.5) is 13.2 Å². The van der Waals surface area contributed by atoms with Gasteiger partial charge in [-0.1, -0.05) is 39.5 Å². The van der Waals surface area contributed by atoms with E-state index in [9.17, 15) is 13.2 Å². The Bertz CT molecular complexity index is 190. The number of hydrogen-bond acceptors (Lipinski definition) is 2. The zero-order valence-corrected chi connectivity index (χ0v) is 11.3. The van der Waals surface area contributed by atoms with Crippen LogP contribution in [0.5, 0.6) is 0 Å². The van der Waals surface area contributed by atoms with Gasteiger partial charge in [0.25, 0.3) is 0 Å². The predicted octanol–water partition coefficient (Wildman–Crippen LogP) is 3.90. The van der Waals surface area contributed by atoms with Gasteiger partial charge in [-0.15, -0.1) is 0 Å². The maximum atomic E-state index is 11.9. The van der Waals surface area contributed by atoms with Crippen LogP contribution in [0.15, 0.2) is 0 Å². The number of halogens is 3. The van der Waals surface area contributed by atoms with Crippen LogP contribution in [-0.2, 0) is 0 Å². The molecule has 0 atom stereocenters. The minimum absolute atomic E-state index is 0.0724. The van der Waals surface area contributed by atoms with Crippen molar-refractivity contribution in [1.29, 1.82) is 0 Å². The summed E-state index contributed by atoms with van der Waals surface area (Å²) in [6.07, 6.45) is 0.572. The maximum absolute atomic E-state index is 11.9. The number of rotatable bonds is 7. The van der Waals surface area contributed by atoms with Gasteiger partial charge in [-0.25, -0.2) is 0 Å². The third-order valence-electron chi connectivity index (χ3n) is 2.20. The van der Waals surface area contributed by atoms with Crippen molar-refractivity contribution in [3.63, 3.8) is 0 Å². The van der Waals surface area contributed by atoms with Gasteiger partial charge in [-0.2, -0.15) is 13.2 Å². The summed E-state index contributed by atoms with van der Waals surface area (Å²) in [5.74, 6) is 0.709. The highest BCUT2D eigenvalue weighted by Crippen LogP contribution is 2.33. The lowest BCUT2D eigenvalue weighted by Gasteiger charge is -2.25. The quantitative estimate of drug-likeness (QED) is 0.742. The average molecular weight is 257 g/mol. The summed E-state index contributed by atoms with van der Waals surface area (Å²) in [6.45, 7) is 9.90. The molecule has 0 heterocycles. The summed E-state index contributed by atoms with van der Waals surface area (Å²) in [5.41, 5.74) is -4.17. The van der Waals surface area contributed by atoms with Crippen LogP contribution in [0.1, 0.15) is 34.1 Å². The van der Waals surface area contributed by atoms with Crippen molar-refractivity contribution < 1.29 is 13.2 Å². The minimum Gasteiger partial charge on any atom is -0.316 e. The third-order valence-corrected chi connectivity index (χ3v) is 2.94. The lowest BCUT2D eigenvalue weighted by Crippen LogP contribution is -2.32. The van der Waals surface area contributed by atoms with Gasteiger partial charge >= 0.3 is 5.51 Å². The zero-order chi connectivity index (χ0) is 12.8. The highest BCUT2D eigenvalue weighted by Gasteiger charge is 2.29. The van der Waals surface area contributed by atoms with E-state index in [2.05, 4.69) is 19.2 Å².